The maximum absolute atomic E-state index is 12.9. The molecule has 2 aromatic rings. The van der Waals surface area contributed by atoms with E-state index in [9.17, 15) is 9.59 Å². The molecule has 1 unspecified atom stereocenters. The molecule has 2 aliphatic rings. The Labute approximate surface area is 161 Å². The minimum Gasteiger partial charge on any atom is -0.456 e. The summed E-state index contributed by atoms with van der Waals surface area (Å²) in [6, 6.07) is 12.6. The molecule has 0 saturated heterocycles. The molecule has 0 N–H and O–H groups in total. The highest BCUT2D eigenvalue weighted by molar-refractivity contribution is 6.31. The first kappa shape index (κ1) is 17.1. The van der Waals surface area contributed by atoms with Crippen molar-refractivity contribution in [3.8, 4) is 0 Å². The monoisotopic (exact) mass is 387 g/mol. The van der Waals surface area contributed by atoms with Gasteiger partial charge in [0.1, 0.15) is 6.61 Å². The summed E-state index contributed by atoms with van der Waals surface area (Å²) in [5, 5.41) is 1.18. The molecule has 0 radical (unpaired) electrons. The zero-order chi connectivity index (χ0) is 18.4. The molecule has 2 aliphatic heterocycles. The van der Waals surface area contributed by atoms with E-state index in [1.807, 2.05) is 31.2 Å². The molecule has 132 valence electrons. The second kappa shape index (κ2) is 6.45. The maximum Gasteiger partial charge on any atom is 0.336 e. The molecule has 0 fully saturated rings. The Morgan fingerprint density at radius 1 is 1.08 bits per heavy atom. The standard InChI is InChI=1S/C20H15Cl2NO3/c1-11-2-7-14(8-16(11)22)23-17-10-26-20(25)19(17)15(9-18(23)24)12-3-5-13(21)6-4-12/h2-8,15H,9-10H2,1H3. The van der Waals surface area contributed by atoms with Crippen molar-refractivity contribution in [1.82, 2.24) is 0 Å². The number of benzene rings is 2. The number of nitrogens with zero attached hydrogens (tertiary/aromatic N) is 1. The van der Waals surface area contributed by atoms with Gasteiger partial charge in [-0.25, -0.2) is 4.79 Å². The molecular formula is C20H15Cl2NO3. The zero-order valence-electron chi connectivity index (χ0n) is 14.0. The normalized spacial score (nSPS) is 19.7. The molecule has 0 saturated carbocycles. The molecule has 0 aliphatic carbocycles. The first-order valence-electron chi connectivity index (χ1n) is 8.20. The van der Waals surface area contributed by atoms with Gasteiger partial charge >= 0.3 is 5.97 Å². The number of rotatable bonds is 2. The van der Waals surface area contributed by atoms with Gasteiger partial charge in [0.05, 0.1) is 17.0 Å². The predicted molar refractivity (Wildman–Crippen MR) is 100 cm³/mol. The van der Waals surface area contributed by atoms with Crippen LogP contribution in [-0.4, -0.2) is 18.5 Å². The lowest BCUT2D eigenvalue weighted by Gasteiger charge is -2.32. The van der Waals surface area contributed by atoms with Crippen molar-refractivity contribution in [3.05, 3.63) is 74.9 Å². The van der Waals surface area contributed by atoms with Gasteiger partial charge in [0.25, 0.3) is 0 Å². The van der Waals surface area contributed by atoms with Gasteiger partial charge in [-0.1, -0.05) is 41.4 Å². The molecular weight excluding hydrogens is 373 g/mol. The van der Waals surface area contributed by atoms with Crippen LogP contribution in [0.25, 0.3) is 0 Å². The number of amides is 1. The number of cyclic esters (lactones) is 1. The summed E-state index contributed by atoms with van der Waals surface area (Å²) in [6.45, 7) is 1.98. The van der Waals surface area contributed by atoms with E-state index in [-0.39, 0.29) is 30.8 Å². The molecule has 2 heterocycles. The zero-order valence-corrected chi connectivity index (χ0v) is 15.5. The fourth-order valence-corrected chi connectivity index (χ4v) is 3.76. The molecule has 0 spiro atoms. The van der Waals surface area contributed by atoms with E-state index in [2.05, 4.69) is 0 Å². The van der Waals surface area contributed by atoms with E-state index in [0.717, 1.165) is 11.1 Å². The summed E-state index contributed by atoms with van der Waals surface area (Å²) < 4.78 is 5.26. The van der Waals surface area contributed by atoms with Gasteiger partial charge in [-0.15, -0.1) is 0 Å². The lowest BCUT2D eigenvalue weighted by atomic mass is 9.84. The van der Waals surface area contributed by atoms with Crippen LogP contribution in [0.5, 0.6) is 0 Å². The number of esters is 1. The average molecular weight is 388 g/mol. The molecule has 6 heteroatoms. The number of hydrogen-bond acceptors (Lipinski definition) is 3. The number of ether oxygens (including phenoxy) is 1. The minimum absolute atomic E-state index is 0.0789. The largest absolute Gasteiger partial charge is 0.456 e. The summed E-state index contributed by atoms with van der Waals surface area (Å²) in [5.41, 5.74) is 3.56. The molecule has 0 aromatic heterocycles. The second-order valence-electron chi connectivity index (χ2n) is 6.41. The number of carbonyl (C=O) groups is 2. The molecule has 4 nitrogen and oxygen atoms in total. The van der Waals surface area contributed by atoms with E-state index < -0.39 is 0 Å². The van der Waals surface area contributed by atoms with E-state index in [1.54, 1.807) is 23.1 Å². The third-order valence-electron chi connectivity index (χ3n) is 4.80. The summed E-state index contributed by atoms with van der Waals surface area (Å²) >= 11 is 12.2. The Morgan fingerprint density at radius 3 is 2.50 bits per heavy atom. The number of anilines is 1. The lowest BCUT2D eigenvalue weighted by molar-refractivity contribution is -0.136. The van der Waals surface area contributed by atoms with E-state index >= 15 is 0 Å². The van der Waals surface area contributed by atoms with Crippen molar-refractivity contribution in [1.29, 1.82) is 0 Å². The Balaban J connectivity index is 1.82. The van der Waals surface area contributed by atoms with Crippen LogP contribution >= 0.6 is 23.2 Å². The van der Waals surface area contributed by atoms with Gasteiger partial charge in [-0.05, 0) is 42.3 Å². The van der Waals surface area contributed by atoms with Crippen molar-refractivity contribution in [3.63, 3.8) is 0 Å². The van der Waals surface area contributed by atoms with Crippen molar-refractivity contribution >= 4 is 40.8 Å². The molecule has 0 bridgehead atoms. The minimum atomic E-state index is -0.379. The highest BCUT2D eigenvalue weighted by Crippen LogP contribution is 2.42. The molecule has 2 aromatic carbocycles. The average Bonchev–Trinajstić information content (AvgIpc) is 2.99. The number of aryl methyl sites for hydroxylation is 1. The van der Waals surface area contributed by atoms with Crippen molar-refractivity contribution in [2.45, 2.75) is 19.3 Å². The van der Waals surface area contributed by atoms with Crippen LogP contribution in [0.15, 0.2) is 53.7 Å². The van der Waals surface area contributed by atoms with Gasteiger partial charge < -0.3 is 4.74 Å². The smallest absolute Gasteiger partial charge is 0.336 e. The van der Waals surface area contributed by atoms with E-state index in [0.29, 0.717) is 27.0 Å². The highest BCUT2D eigenvalue weighted by atomic mass is 35.5. The quantitative estimate of drug-likeness (QED) is 0.705. The van der Waals surface area contributed by atoms with Crippen LogP contribution in [0.4, 0.5) is 5.69 Å². The van der Waals surface area contributed by atoms with Gasteiger partial charge in [-0.2, -0.15) is 0 Å². The molecule has 1 atom stereocenters. The van der Waals surface area contributed by atoms with Gasteiger partial charge in [0.2, 0.25) is 5.91 Å². The first-order valence-corrected chi connectivity index (χ1v) is 8.96. The predicted octanol–water partition coefficient (Wildman–Crippen LogP) is 4.63. The molecule has 1 amide bonds. The number of halogens is 2. The van der Waals surface area contributed by atoms with Crippen LogP contribution in [0, 0.1) is 6.92 Å². The van der Waals surface area contributed by atoms with Crippen LogP contribution in [0.2, 0.25) is 10.0 Å². The summed E-state index contributed by atoms with van der Waals surface area (Å²) in [7, 11) is 0. The molecule has 26 heavy (non-hydrogen) atoms. The fourth-order valence-electron chi connectivity index (χ4n) is 3.45. The van der Waals surface area contributed by atoms with Crippen LogP contribution in [0.1, 0.15) is 23.5 Å². The van der Waals surface area contributed by atoms with Crippen molar-refractivity contribution < 1.29 is 14.3 Å². The Kier molecular flexibility index (Phi) is 4.25. The Hall–Kier alpha value is -2.30. The lowest BCUT2D eigenvalue weighted by Crippen LogP contribution is -2.37. The highest BCUT2D eigenvalue weighted by Gasteiger charge is 2.42. The van der Waals surface area contributed by atoms with Crippen molar-refractivity contribution in [2.24, 2.45) is 0 Å². The summed E-state index contributed by atoms with van der Waals surface area (Å²) in [6.07, 6.45) is 0.182. The topological polar surface area (TPSA) is 46.6 Å². The number of hydrogen-bond donors (Lipinski definition) is 0. The van der Waals surface area contributed by atoms with Gasteiger partial charge in [0, 0.05) is 22.4 Å². The second-order valence-corrected chi connectivity index (χ2v) is 7.25. The van der Waals surface area contributed by atoms with Crippen LogP contribution in [-0.2, 0) is 14.3 Å². The third kappa shape index (κ3) is 2.79. The Bertz CT molecular complexity index is 950. The van der Waals surface area contributed by atoms with Crippen molar-refractivity contribution in [2.75, 3.05) is 11.5 Å². The van der Waals surface area contributed by atoms with E-state index in [1.165, 1.54) is 0 Å². The summed E-state index contributed by atoms with van der Waals surface area (Å²) in [5.74, 6) is -0.806. The van der Waals surface area contributed by atoms with Gasteiger partial charge in [-0.3, -0.25) is 9.69 Å². The number of carbonyl (C=O) groups excluding carboxylic acids is 2. The fraction of sp³-hybridized carbons (Fsp3) is 0.200. The Morgan fingerprint density at radius 2 is 1.81 bits per heavy atom. The third-order valence-corrected chi connectivity index (χ3v) is 5.46. The molecule has 4 rings (SSSR count). The van der Waals surface area contributed by atoms with Crippen LogP contribution in [0.3, 0.4) is 0 Å². The van der Waals surface area contributed by atoms with E-state index in [4.69, 9.17) is 27.9 Å². The first-order chi connectivity index (χ1) is 12.5. The maximum atomic E-state index is 12.9. The summed E-state index contributed by atoms with van der Waals surface area (Å²) in [4.78, 5) is 26.9. The SMILES string of the molecule is Cc1ccc(N2C(=O)CC(c3ccc(Cl)cc3)C3=C2COC3=O)cc1Cl. The van der Waals surface area contributed by atoms with Gasteiger partial charge in [0.15, 0.2) is 0 Å². The van der Waals surface area contributed by atoms with Crippen LogP contribution < -0.4 is 4.90 Å².